The van der Waals surface area contributed by atoms with Crippen LogP contribution in [0.1, 0.15) is 12.8 Å². The molecule has 4 nitrogen and oxygen atoms in total. The molecule has 1 N–H and O–H groups in total. The lowest BCUT2D eigenvalue weighted by Gasteiger charge is -2.27. The number of nitrogens with one attached hydrogen (secondary N) is 1. The van der Waals surface area contributed by atoms with Gasteiger partial charge in [0.25, 0.3) is 0 Å². The van der Waals surface area contributed by atoms with Gasteiger partial charge in [-0.15, -0.1) is 0 Å². The fraction of sp³-hybridized carbons (Fsp3) is 0.571. The summed E-state index contributed by atoms with van der Waals surface area (Å²) in [5.74, 6) is 1.70. The van der Waals surface area contributed by atoms with E-state index in [-0.39, 0.29) is 0 Å². The second-order valence-corrected chi connectivity index (χ2v) is 4.52. The Bertz CT molecular complexity index is 352. The maximum absolute atomic E-state index is 5.33. The maximum Gasteiger partial charge on any atom is 0.124 e. The summed E-state index contributed by atoms with van der Waals surface area (Å²) < 4.78 is 10.7. The summed E-state index contributed by atoms with van der Waals surface area (Å²) in [5.41, 5.74) is 1.19. The van der Waals surface area contributed by atoms with Gasteiger partial charge in [-0.25, -0.2) is 0 Å². The van der Waals surface area contributed by atoms with Crippen LogP contribution in [0.2, 0.25) is 0 Å². The van der Waals surface area contributed by atoms with Crippen molar-refractivity contribution in [3.8, 4) is 11.5 Å². The van der Waals surface area contributed by atoms with Gasteiger partial charge < -0.3 is 19.7 Å². The summed E-state index contributed by atoms with van der Waals surface area (Å²) >= 11 is 0. The molecule has 1 aliphatic rings. The van der Waals surface area contributed by atoms with Crippen LogP contribution in [-0.4, -0.2) is 40.4 Å². The van der Waals surface area contributed by atoms with Crippen molar-refractivity contribution in [2.45, 2.75) is 12.8 Å². The smallest absolute Gasteiger partial charge is 0.124 e. The molecule has 2 rings (SSSR count). The molecule has 0 amide bonds. The Morgan fingerprint density at radius 2 is 1.50 bits per heavy atom. The molecule has 0 bridgehead atoms. The van der Waals surface area contributed by atoms with Crippen molar-refractivity contribution >= 4 is 5.69 Å². The van der Waals surface area contributed by atoms with Crippen molar-refractivity contribution in [3.05, 3.63) is 18.2 Å². The van der Waals surface area contributed by atoms with E-state index in [4.69, 9.17) is 9.47 Å². The van der Waals surface area contributed by atoms with E-state index in [9.17, 15) is 0 Å². The standard InChI is InChI=1S/C14H22N2O2/c1-17-13-9-12(10-14(11-13)18-2)16-7-3-5-15-6-4-8-16/h9-11,15H,3-8H2,1-2H3. The van der Waals surface area contributed by atoms with Crippen molar-refractivity contribution in [3.63, 3.8) is 0 Å². The van der Waals surface area contributed by atoms with Crippen molar-refractivity contribution in [1.29, 1.82) is 0 Å². The van der Waals surface area contributed by atoms with E-state index in [1.54, 1.807) is 14.2 Å². The molecule has 0 aliphatic carbocycles. The Morgan fingerprint density at radius 3 is 2.00 bits per heavy atom. The summed E-state index contributed by atoms with van der Waals surface area (Å²) in [5, 5.41) is 3.43. The molecule has 0 saturated carbocycles. The van der Waals surface area contributed by atoms with E-state index in [2.05, 4.69) is 22.3 Å². The SMILES string of the molecule is COc1cc(OC)cc(N2CCCNCCC2)c1. The highest BCUT2D eigenvalue weighted by Crippen LogP contribution is 2.28. The largest absolute Gasteiger partial charge is 0.497 e. The number of nitrogens with zero attached hydrogens (tertiary/aromatic N) is 1. The summed E-state index contributed by atoms with van der Waals surface area (Å²) in [7, 11) is 3.38. The summed E-state index contributed by atoms with van der Waals surface area (Å²) in [6.07, 6.45) is 2.33. The Hall–Kier alpha value is -1.42. The van der Waals surface area contributed by atoms with Crippen LogP contribution in [0.15, 0.2) is 18.2 Å². The van der Waals surface area contributed by atoms with Crippen molar-refractivity contribution < 1.29 is 9.47 Å². The molecule has 1 aromatic carbocycles. The average Bonchev–Trinajstić information content (AvgIpc) is 2.37. The molecule has 0 spiro atoms. The first-order valence-electron chi connectivity index (χ1n) is 6.52. The highest BCUT2D eigenvalue weighted by atomic mass is 16.5. The normalized spacial score (nSPS) is 16.9. The average molecular weight is 250 g/mol. The maximum atomic E-state index is 5.33. The second kappa shape index (κ2) is 6.50. The van der Waals surface area contributed by atoms with Crippen LogP contribution in [0.25, 0.3) is 0 Å². The molecule has 4 heteroatoms. The predicted octanol–water partition coefficient (Wildman–Crippen LogP) is 1.89. The van der Waals surface area contributed by atoms with Gasteiger partial charge >= 0.3 is 0 Å². The van der Waals surface area contributed by atoms with E-state index >= 15 is 0 Å². The Balaban J connectivity index is 2.18. The fourth-order valence-corrected chi connectivity index (χ4v) is 2.26. The molecule has 18 heavy (non-hydrogen) atoms. The molecular weight excluding hydrogens is 228 g/mol. The number of ether oxygens (including phenoxy) is 2. The molecule has 1 heterocycles. The molecule has 1 saturated heterocycles. The van der Waals surface area contributed by atoms with Crippen molar-refractivity contribution in [2.24, 2.45) is 0 Å². The lowest BCUT2D eigenvalue weighted by Crippen LogP contribution is -2.33. The zero-order chi connectivity index (χ0) is 12.8. The van der Waals surface area contributed by atoms with Crippen LogP contribution in [-0.2, 0) is 0 Å². The van der Waals surface area contributed by atoms with E-state index in [0.717, 1.165) is 37.7 Å². The van der Waals surface area contributed by atoms with Gasteiger partial charge in [0.1, 0.15) is 11.5 Å². The first kappa shape index (κ1) is 13.0. The van der Waals surface area contributed by atoms with Crippen LogP contribution in [0.3, 0.4) is 0 Å². The molecule has 1 aliphatic heterocycles. The lowest BCUT2D eigenvalue weighted by molar-refractivity contribution is 0.394. The van der Waals surface area contributed by atoms with E-state index in [0.29, 0.717) is 0 Å². The summed E-state index contributed by atoms with van der Waals surface area (Å²) in [6.45, 7) is 4.34. The number of benzene rings is 1. The molecular formula is C14H22N2O2. The van der Waals surface area contributed by atoms with Crippen LogP contribution in [0, 0.1) is 0 Å². The van der Waals surface area contributed by atoms with Crippen molar-refractivity contribution in [1.82, 2.24) is 5.32 Å². The van der Waals surface area contributed by atoms with Gasteiger partial charge in [-0.3, -0.25) is 0 Å². The van der Waals surface area contributed by atoms with Crippen LogP contribution >= 0.6 is 0 Å². The second-order valence-electron chi connectivity index (χ2n) is 4.52. The van der Waals surface area contributed by atoms with Crippen LogP contribution < -0.4 is 19.7 Å². The van der Waals surface area contributed by atoms with E-state index in [1.807, 2.05) is 6.07 Å². The van der Waals surface area contributed by atoms with Gasteiger partial charge in [0.15, 0.2) is 0 Å². The Morgan fingerprint density at radius 1 is 0.944 bits per heavy atom. The van der Waals surface area contributed by atoms with Gasteiger partial charge in [0.2, 0.25) is 0 Å². The first-order valence-corrected chi connectivity index (χ1v) is 6.52. The predicted molar refractivity (Wildman–Crippen MR) is 73.9 cm³/mol. The zero-order valence-electron chi connectivity index (χ0n) is 11.2. The molecule has 1 aromatic rings. The summed E-state index contributed by atoms with van der Waals surface area (Å²) in [4.78, 5) is 2.41. The van der Waals surface area contributed by atoms with Crippen molar-refractivity contribution in [2.75, 3.05) is 45.3 Å². The Labute approximate surface area is 109 Å². The van der Waals surface area contributed by atoms with Gasteiger partial charge in [-0.1, -0.05) is 0 Å². The zero-order valence-corrected chi connectivity index (χ0v) is 11.2. The quantitative estimate of drug-likeness (QED) is 0.888. The van der Waals surface area contributed by atoms with E-state index in [1.165, 1.54) is 18.5 Å². The number of methoxy groups -OCH3 is 2. The van der Waals surface area contributed by atoms with Gasteiger partial charge in [-0.05, 0) is 25.9 Å². The summed E-state index contributed by atoms with van der Waals surface area (Å²) in [6, 6.07) is 6.07. The molecule has 0 aromatic heterocycles. The van der Waals surface area contributed by atoms with Gasteiger partial charge in [0.05, 0.1) is 14.2 Å². The topological polar surface area (TPSA) is 33.7 Å². The number of anilines is 1. The van der Waals surface area contributed by atoms with Gasteiger partial charge in [0, 0.05) is 37.0 Å². The highest BCUT2D eigenvalue weighted by molar-refractivity contribution is 5.55. The van der Waals surface area contributed by atoms with E-state index < -0.39 is 0 Å². The van der Waals surface area contributed by atoms with Gasteiger partial charge in [-0.2, -0.15) is 0 Å². The number of rotatable bonds is 3. The minimum absolute atomic E-state index is 0.851. The van der Waals surface area contributed by atoms with Crippen LogP contribution in [0.4, 0.5) is 5.69 Å². The lowest BCUT2D eigenvalue weighted by atomic mass is 10.2. The first-order chi connectivity index (χ1) is 8.83. The third-order valence-electron chi connectivity index (χ3n) is 3.26. The highest BCUT2D eigenvalue weighted by Gasteiger charge is 2.11. The number of hydrogen-bond acceptors (Lipinski definition) is 4. The Kier molecular flexibility index (Phi) is 4.70. The third-order valence-corrected chi connectivity index (χ3v) is 3.26. The minimum atomic E-state index is 0.851. The number of hydrogen-bond donors (Lipinski definition) is 1. The molecule has 0 atom stereocenters. The molecule has 100 valence electrons. The fourth-order valence-electron chi connectivity index (χ4n) is 2.26. The third kappa shape index (κ3) is 3.29. The molecule has 0 unspecified atom stereocenters. The molecule has 0 radical (unpaired) electrons. The molecule has 1 fully saturated rings. The minimum Gasteiger partial charge on any atom is -0.497 e. The monoisotopic (exact) mass is 250 g/mol. The van der Waals surface area contributed by atoms with Crippen LogP contribution in [0.5, 0.6) is 11.5 Å².